The van der Waals surface area contributed by atoms with Crippen molar-refractivity contribution in [2.24, 2.45) is 5.92 Å². The maximum Gasteiger partial charge on any atom is 0.273 e. The maximum atomic E-state index is 11.7. The topological polar surface area (TPSA) is 79.5 Å². The van der Waals surface area contributed by atoms with Gasteiger partial charge in [-0.1, -0.05) is 6.42 Å². The van der Waals surface area contributed by atoms with Crippen LogP contribution in [-0.2, 0) is 16.6 Å². The number of nitrogens with one attached hydrogen (secondary N) is 1. The third kappa shape index (κ3) is 2.45. The number of rotatable bonds is 5. The van der Waals surface area contributed by atoms with E-state index in [9.17, 15) is 8.42 Å². The Balaban J connectivity index is 1.99. The van der Waals surface area contributed by atoms with Gasteiger partial charge >= 0.3 is 0 Å². The van der Waals surface area contributed by atoms with Crippen LogP contribution in [0.1, 0.15) is 25.0 Å². The molecule has 5 nitrogen and oxygen atoms in total. The molecular formula is C10H15NO4S. The summed E-state index contributed by atoms with van der Waals surface area (Å²) in [4.78, 5) is 0. The van der Waals surface area contributed by atoms with Crippen molar-refractivity contribution in [3.63, 3.8) is 0 Å². The Morgan fingerprint density at radius 1 is 1.44 bits per heavy atom. The van der Waals surface area contributed by atoms with E-state index >= 15 is 0 Å². The van der Waals surface area contributed by atoms with E-state index in [0.717, 1.165) is 12.8 Å². The summed E-state index contributed by atoms with van der Waals surface area (Å²) >= 11 is 0. The van der Waals surface area contributed by atoms with Gasteiger partial charge in [-0.25, -0.2) is 13.1 Å². The zero-order chi connectivity index (χ0) is 11.6. The molecule has 0 spiro atoms. The predicted octanol–water partition coefficient (Wildman–Crippen LogP) is 0.850. The van der Waals surface area contributed by atoms with Crippen molar-refractivity contribution in [3.05, 3.63) is 17.9 Å². The molecule has 0 unspecified atom stereocenters. The molecule has 0 bridgehead atoms. The summed E-state index contributed by atoms with van der Waals surface area (Å²) in [5, 5.41) is 8.64. The molecule has 16 heavy (non-hydrogen) atoms. The molecule has 0 radical (unpaired) electrons. The second-order valence-corrected chi connectivity index (χ2v) is 5.73. The molecule has 1 aliphatic rings. The van der Waals surface area contributed by atoms with E-state index in [2.05, 4.69) is 4.72 Å². The third-order valence-corrected chi connectivity index (χ3v) is 4.14. The van der Waals surface area contributed by atoms with Crippen LogP contribution in [0.25, 0.3) is 0 Å². The lowest BCUT2D eigenvalue weighted by Crippen LogP contribution is -2.32. The quantitative estimate of drug-likeness (QED) is 0.806. The van der Waals surface area contributed by atoms with Crippen molar-refractivity contribution in [1.29, 1.82) is 0 Å². The first kappa shape index (κ1) is 11.6. The van der Waals surface area contributed by atoms with Gasteiger partial charge in [0.2, 0.25) is 5.09 Å². The molecule has 2 N–H and O–H groups in total. The fourth-order valence-corrected chi connectivity index (χ4v) is 2.64. The summed E-state index contributed by atoms with van der Waals surface area (Å²) in [5.41, 5.74) is 0. The van der Waals surface area contributed by atoms with E-state index in [1.807, 2.05) is 0 Å². The van der Waals surface area contributed by atoms with Gasteiger partial charge in [-0.15, -0.1) is 0 Å². The van der Waals surface area contributed by atoms with Crippen molar-refractivity contribution in [2.45, 2.75) is 31.0 Å². The smallest absolute Gasteiger partial charge is 0.273 e. The number of furan rings is 1. The molecule has 1 heterocycles. The molecule has 0 aromatic carbocycles. The minimum absolute atomic E-state index is 0.129. The second-order valence-electron chi connectivity index (χ2n) is 4.03. The average molecular weight is 245 g/mol. The molecular weight excluding hydrogens is 230 g/mol. The van der Waals surface area contributed by atoms with E-state index in [1.165, 1.54) is 18.6 Å². The predicted molar refractivity (Wildman–Crippen MR) is 57.2 cm³/mol. The molecule has 1 saturated carbocycles. The fourth-order valence-electron chi connectivity index (χ4n) is 1.58. The lowest BCUT2D eigenvalue weighted by molar-refractivity contribution is 0.236. The first-order chi connectivity index (χ1) is 7.62. The SMILES string of the molecule is O=S(=O)(NCC1CCC1)c1ccc(CO)o1. The zero-order valence-electron chi connectivity index (χ0n) is 8.85. The molecule has 1 aliphatic carbocycles. The summed E-state index contributed by atoms with van der Waals surface area (Å²) in [5.74, 6) is 0.714. The van der Waals surface area contributed by atoms with E-state index in [0.29, 0.717) is 12.5 Å². The molecule has 1 aromatic rings. The third-order valence-electron chi connectivity index (χ3n) is 2.84. The van der Waals surface area contributed by atoms with Gasteiger partial charge in [0.1, 0.15) is 12.4 Å². The standard InChI is InChI=1S/C10H15NO4S/c12-7-9-4-5-10(15-9)16(13,14)11-6-8-2-1-3-8/h4-5,8,11-12H,1-3,6-7H2. The minimum Gasteiger partial charge on any atom is -0.446 e. The molecule has 0 aliphatic heterocycles. The number of sulfonamides is 1. The minimum atomic E-state index is -3.55. The highest BCUT2D eigenvalue weighted by Gasteiger charge is 2.23. The lowest BCUT2D eigenvalue weighted by atomic mass is 9.86. The Morgan fingerprint density at radius 2 is 2.19 bits per heavy atom. The van der Waals surface area contributed by atoms with Crippen LogP contribution >= 0.6 is 0 Å². The highest BCUT2D eigenvalue weighted by atomic mass is 32.2. The first-order valence-corrected chi connectivity index (χ1v) is 6.79. The largest absolute Gasteiger partial charge is 0.446 e. The van der Waals surface area contributed by atoms with Crippen LogP contribution in [0.15, 0.2) is 21.6 Å². The van der Waals surface area contributed by atoms with E-state index in [-0.39, 0.29) is 17.5 Å². The van der Waals surface area contributed by atoms with Crippen molar-refractivity contribution >= 4 is 10.0 Å². The van der Waals surface area contributed by atoms with Gasteiger partial charge < -0.3 is 9.52 Å². The van der Waals surface area contributed by atoms with E-state index in [1.54, 1.807) is 0 Å². The van der Waals surface area contributed by atoms with Gasteiger partial charge in [0.25, 0.3) is 10.0 Å². The van der Waals surface area contributed by atoms with Crippen LogP contribution in [0, 0.1) is 5.92 Å². The van der Waals surface area contributed by atoms with Crippen molar-refractivity contribution in [2.75, 3.05) is 6.54 Å². The number of aliphatic hydroxyl groups is 1. The lowest BCUT2D eigenvalue weighted by Gasteiger charge is -2.24. The van der Waals surface area contributed by atoms with Gasteiger partial charge in [-0.3, -0.25) is 0 Å². The van der Waals surface area contributed by atoms with Gasteiger partial charge in [0.15, 0.2) is 0 Å². The van der Waals surface area contributed by atoms with E-state index < -0.39 is 10.0 Å². The fraction of sp³-hybridized carbons (Fsp3) is 0.600. The number of hydrogen-bond donors (Lipinski definition) is 2. The molecule has 1 aromatic heterocycles. The van der Waals surface area contributed by atoms with Gasteiger partial charge in [-0.05, 0) is 30.9 Å². The number of hydrogen-bond acceptors (Lipinski definition) is 4. The summed E-state index contributed by atoms with van der Waals surface area (Å²) in [6.07, 6.45) is 3.35. The van der Waals surface area contributed by atoms with Gasteiger partial charge in [0.05, 0.1) is 0 Å². The average Bonchev–Trinajstić information content (AvgIpc) is 2.63. The van der Waals surface area contributed by atoms with E-state index in [4.69, 9.17) is 9.52 Å². The van der Waals surface area contributed by atoms with Gasteiger partial charge in [0, 0.05) is 6.54 Å². The van der Waals surface area contributed by atoms with Crippen molar-refractivity contribution in [3.8, 4) is 0 Å². The van der Waals surface area contributed by atoms with Crippen LogP contribution in [0.2, 0.25) is 0 Å². The summed E-state index contributed by atoms with van der Waals surface area (Å²) in [6.45, 7) is 0.176. The van der Waals surface area contributed by atoms with Crippen molar-refractivity contribution < 1.29 is 17.9 Å². The number of aliphatic hydroxyl groups excluding tert-OH is 1. The normalized spacial score (nSPS) is 17.3. The highest BCUT2D eigenvalue weighted by molar-refractivity contribution is 7.89. The van der Waals surface area contributed by atoms with Crippen LogP contribution in [0.4, 0.5) is 0 Å². The van der Waals surface area contributed by atoms with Crippen LogP contribution in [0.3, 0.4) is 0 Å². The summed E-state index contributed by atoms with van der Waals surface area (Å²) < 4.78 is 30.9. The van der Waals surface area contributed by atoms with Crippen molar-refractivity contribution in [1.82, 2.24) is 4.72 Å². The molecule has 0 amide bonds. The Morgan fingerprint density at radius 3 is 2.69 bits per heavy atom. The molecule has 0 atom stereocenters. The van der Waals surface area contributed by atoms with Crippen LogP contribution in [0.5, 0.6) is 0 Å². The molecule has 1 fully saturated rings. The Bertz CT molecular complexity index is 447. The molecule has 2 rings (SSSR count). The zero-order valence-corrected chi connectivity index (χ0v) is 9.66. The Kier molecular flexibility index (Phi) is 3.32. The first-order valence-electron chi connectivity index (χ1n) is 5.31. The Hall–Kier alpha value is -0.850. The Labute approximate surface area is 94.5 Å². The molecule has 90 valence electrons. The summed E-state index contributed by atoms with van der Waals surface area (Å²) in [7, 11) is -3.55. The second kappa shape index (κ2) is 4.57. The molecule has 6 heteroatoms. The highest BCUT2D eigenvalue weighted by Crippen LogP contribution is 2.25. The van der Waals surface area contributed by atoms with Gasteiger partial charge in [-0.2, -0.15) is 0 Å². The monoisotopic (exact) mass is 245 g/mol. The maximum absolute atomic E-state index is 11.7. The van der Waals surface area contributed by atoms with Crippen LogP contribution < -0.4 is 4.72 Å². The molecule has 0 saturated heterocycles. The summed E-state index contributed by atoms with van der Waals surface area (Å²) in [6, 6.07) is 2.81. The van der Waals surface area contributed by atoms with Crippen LogP contribution in [-0.4, -0.2) is 20.1 Å².